The lowest BCUT2D eigenvalue weighted by atomic mass is 10.2. The summed E-state index contributed by atoms with van der Waals surface area (Å²) >= 11 is 6.21. The first-order valence-electron chi connectivity index (χ1n) is 10.9. The highest BCUT2D eigenvalue weighted by molar-refractivity contribution is 6.39. The number of benzene rings is 3. The van der Waals surface area contributed by atoms with Gasteiger partial charge in [0.05, 0.1) is 19.9 Å². The van der Waals surface area contributed by atoms with E-state index in [-0.39, 0.29) is 6.61 Å². The van der Waals surface area contributed by atoms with Crippen LogP contribution in [0.5, 0.6) is 17.2 Å². The average molecular weight is 496 g/mol. The normalized spacial score (nSPS) is 10.6. The Morgan fingerprint density at radius 2 is 1.74 bits per heavy atom. The molecule has 2 amide bonds. The lowest BCUT2D eigenvalue weighted by Gasteiger charge is -2.13. The van der Waals surface area contributed by atoms with Crippen LogP contribution in [-0.2, 0) is 16.2 Å². The number of carbonyl (C=O) groups is 2. The Hall–Kier alpha value is -4.04. The monoisotopic (exact) mass is 495 g/mol. The number of para-hydroxylation sites is 1. The second-order valence-corrected chi connectivity index (χ2v) is 7.69. The Bertz CT molecular complexity index is 1180. The summed E-state index contributed by atoms with van der Waals surface area (Å²) in [6.07, 6.45) is 2.26. The molecule has 35 heavy (non-hydrogen) atoms. The third kappa shape index (κ3) is 7.48. The first-order chi connectivity index (χ1) is 17.0. The van der Waals surface area contributed by atoms with E-state index < -0.39 is 11.8 Å². The number of anilines is 1. The maximum Gasteiger partial charge on any atom is 0.329 e. The van der Waals surface area contributed by atoms with Crippen molar-refractivity contribution in [2.75, 3.05) is 19.0 Å². The largest absolute Gasteiger partial charge is 0.494 e. The zero-order valence-electron chi connectivity index (χ0n) is 19.4. The first kappa shape index (κ1) is 25.6. The molecular formula is C26H26ClN3O5. The molecule has 3 aromatic rings. The smallest absolute Gasteiger partial charge is 0.329 e. The minimum atomic E-state index is -0.922. The highest BCUT2D eigenvalue weighted by atomic mass is 35.5. The number of hydrazone groups is 1. The fraction of sp³-hybridized carbons (Fsp3) is 0.192. The van der Waals surface area contributed by atoms with E-state index in [0.29, 0.717) is 40.1 Å². The van der Waals surface area contributed by atoms with Gasteiger partial charge in [0.25, 0.3) is 0 Å². The molecule has 0 atom stereocenters. The quantitative estimate of drug-likeness (QED) is 0.239. The predicted molar refractivity (Wildman–Crippen MR) is 135 cm³/mol. The number of nitrogens with one attached hydrogen (secondary N) is 2. The van der Waals surface area contributed by atoms with Crippen LogP contribution in [0.2, 0.25) is 5.02 Å². The van der Waals surface area contributed by atoms with Crippen LogP contribution < -0.4 is 25.0 Å². The summed E-state index contributed by atoms with van der Waals surface area (Å²) in [5.41, 5.74) is 4.02. The van der Waals surface area contributed by atoms with Crippen molar-refractivity contribution in [1.29, 1.82) is 0 Å². The molecule has 0 radical (unpaired) electrons. The molecule has 0 saturated heterocycles. The van der Waals surface area contributed by atoms with Gasteiger partial charge in [-0.05, 0) is 48.9 Å². The van der Waals surface area contributed by atoms with Crippen LogP contribution >= 0.6 is 11.6 Å². The summed E-state index contributed by atoms with van der Waals surface area (Å²) in [7, 11) is 1.52. The summed E-state index contributed by atoms with van der Waals surface area (Å²) in [5.74, 6) is -0.192. The van der Waals surface area contributed by atoms with Gasteiger partial charge in [0.2, 0.25) is 0 Å². The van der Waals surface area contributed by atoms with Crippen molar-refractivity contribution in [2.45, 2.75) is 20.0 Å². The number of ether oxygens (including phenoxy) is 3. The molecule has 0 aliphatic heterocycles. The Kier molecular flexibility index (Phi) is 9.50. The molecule has 0 aliphatic carbocycles. The van der Waals surface area contributed by atoms with Crippen molar-refractivity contribution in [1.82, 2.24) is 5.43 Å². The van der Waals surface area contributed by atoms with Gasteiger partial charge in [-0.2, -0.15) is 5.10 Å². The lowest BCUT2D eigenvalue weighted by Crippen LogP contribution is -2.32. The number of halogens is 1. The maximum atomic E-state index is 12.2. The second kappa shape index (κ2) is 13.0. The van der Waals surface area contributed by atoms with Crippen molar-refractivity contribution >= 4 is 35.3 Å². The van der Waals surface area contributed by atoms with Gasteiger partial charge in [0, 0.05) is 21.8 Å². The molecule has 0 bridgehead atoms. The number of carbonyl (C=O) groups excluding carboxylic acids is 2. The van der Waals surface area contributed by atoms with Gasteiger partial charge in [-0.1, -0.05) is 42.8 Å². The van der Waals surface area contributed by atoms with Gasteiger partial charge in [-0.25, -0.2) is 5.43 Å². The zero-order chi connectivity index (χ0) is 25.0. The molecule has 0 spiro atoms. The maximum absolute atomic E-state index is 12.2. The fourth-order valence-electron chi connectivity index (χ4n) is 2.97. The second-order valence-electron chi connectivity index (χ2n) is 7.28. The third-order valence-electron chi connectivity index (χ3n) is 4.72. The van der Waals surface area contributed by atoms with Crippen molar-refractivity contribution in [3.63, 3.8) is 0 Å². The van der Waals surface area contributed by atoms with E-state index in [1.807, 2.05) is 25.1 Å². The molecule has 0 unspecified atom stereocenters. The molecule has 3 rings (SSSR count). The number of hydrogen-bond acceptors (Lipinski definition) is 6. The molecule has 0 fully saturated rings. The van der Waals surface area contributed by atoms with Gasteiger partial charge in [0.15, 0.2) is 11.5 Å². The number of amides is 2. The number of hydrogen-bond donors (Lipinski definition) is 2. The molecular weight excluding hydrogens is 470 g/mol. The Balaban J connectivity index is 1.61. The Morgan fingerprint density at radius 1 is 0.971 bits per heavy atom. The van der Waals surface area contributed by atoms with E-state index in [1.165, 1.54) is 13.3 Å². The minimum absolute atomic E-state index is 0.206. The fourth-order valence-corrected chi connectivity index (χ4v) is 3.16. The van der Waals surface area contributed by atoms with Crippen LogP contribution in [0.1, 0.15) is 24.5 Å². The predicted octanol–water partition coefficient (Wildman–Crippen LogP) is 4.81. The number of methoxy groups -OCH3 is 1. The number of rotatable bonds is 10. The van der Waals surface area contributed by atoms with E-state index in [4.69, 9.17) is 25.8 Å². The SMILES string of the molecule is CCCOc1ccc(NC(=O)C(=O)N/N=C\c2cccc(OC)c2OCc2ccccc2Cl)cc1. The molecule has 0 heterocycles. The zero-order valence-corrected chi connectivity index (χ0v) is 20.2. The van der Waals surface area contributed by atoms with Crippen molar-refractivity contribution in [3.8, 4) is 17.2 Å². The van der Waals surface area contributed by atoms with Crippen LogP contribution in [0.25, 0.3) is 0 Å². The van der Waals surface area contributed by atoms with E-state index >= 15 is 0 Å². The van der Waals surface area contributed by atoms with Gasteiger partial charge >= 0.3 is 11.8 Å². The van der Waals surface area contributed by atoms with Crippen molar-refractivity contribution in [3.05, 3.63) is 82.9 Å². The van der Waals surface area contributed by atoms with Gasteiger partial charge in [-0.15, -0.1) is 0 Å². The van der Waals surface area contributed by atoms with Crippen LogP contribution in [0.15, 0.2) is 71.8 Å². The molecule has 0 saturated carbocycles. The van der Waals surface area contributed by atoms with Crippen molar-refractivity contribution < 1.29 is 23.8 Å². The summed E-state index contributed by atoms with van der Waals surface area (Å²) in [4.78, 5) is 24.4. The molecule has 9 heteroatoms. The number of nitrogens with zero attached hydrogens (tertiary/aromatic N) is 1. The Morgan fingerprint density at radius 3 is 2.46 bits per heavy atom. The summed E-state index contributed by atoms with van der Waals surface area (Å²) in [5, 5.41) is 6.99. The van der Waals surface area contributed by atoms with Crippen LogP contribution in [0, 0.1) is 0 Å². The molecule has 3 aromatic carbocycles. The van der Waals surface area contributed by atoms with Crippen LogP contribution in [-0.4, -0.2) is 31.7 Å². The molecule has 0 aromatic heterocycles. The van der Waals surface area contributed by atoms with E-state index in [9.17, 15) is 9.59 Å². The Labute approximate surface area is 208 Å². The van der Waals surface area contributed by atoms with Crippen molar-refractivity contribution in [2.24, 2.45) is 5.10 Å². The lowest BCUT2D eigenvalue weighted by molar-refractivity contribution is -0.136. The van der Waals surface area contributed by atoms with E-state index in [1.54, 1.807) is 48.5 Å². The summed E-state index contributed by atoms with van der Waals surface area (Å²) < 4.78 is 16.8. The van der Waals surface area contributed by atoms with Crippen LogP contribution in [0.3, 0.4) is 0 Å². The standard InChI is InChI=1S/C26H26ClN3O5/c1-3-15-34-21-13-11-20(12-14-21)29-25(31)26(32)30-28-16-18-8-6-10-23(33-2)24(18)35-17-19-7-4-5-9-22(19)27/h4-14,16H,3,15,17H2,1-2H3,(H,29,31)(H,30,32)/b28-16-. The third-order valence-corrected chi connectivity index (χ3v) is 5.09. The molecule has 182 valence electrons. The van der Waals surface area contributed by atoms with Crippen LogP contribution in [0.4, 0.5) is 5.69 Å². The topological polar surface area (TPSA) is 98.2 Å². The summed E-state index contributed by atoms with van der Waals surface area (Å²) in [6, 6.07) is 19.3. The van der Waals surface area contributed by atoms with Gasteiger partial charge in [-0.3, -0.25) is 9.59 Å². The minimum Gasteiger partial charge on any atom is -0.494 e. The van der Waals surface area contributed by atoms with Gasteiger partial charge < -0.3 is 19.5 Å². The highest BCUT2D eigenvalue weighted by Gasteiger charge is 2.14. The average Bonchev–Trinajstić information content (AvgIpc) is 2.88. The summed E-state index contributed by atoms with van der Waals surface area (Å²) in [6.45, 7) is 2.82. The highest BCUT2D eigenvalue weighted by Crippen LogP contribution is 2.31. The molecule has 2 N–H and O–H groups in total. The molecule has 0 aliphatic rings. The van der Waals surface area contributed by atoms with Gasteiger partial charge in [0.1, 0.15) is 12.4 Å². The van der Waals surface area contributed by atoms with E-state index in [2.05, 4.69) is 15.8 Å². The van der Waals surface area contributed by atoms with E-state index in [0.717, 1.165) is 12.0 Å². The first-order valence-corrected chi connectivity index (χ1v) is 11.3. The molecule has 8 nitrogen and oxygen atoms in total.